The molecule has 5 nitrogen and oxygen atoms in total. The summed E-state index contributed by atoms with van der Waals surface area (Å²) in [7, 11) is 0. The van der Waals surface area contributed by atoms with Crippen molar-refractivity contribution < 1.29 is 19.1 Å². The number of carbonyl (C=O) groups is 1. The summed E-state index contributed by atoms with van der Waals surface area (Å²) in [5.41, 5.74) is 3.62. The highest BCUT2D eigenvalue weighted by Crippen LogP contribution is 2.28. The van der Waals surface area contributed by atoms with Gasteiger partial charge in [0, 0.05) is 6.54 Å². The lowest BCUT2D eigenvalue weighted by atomic mass is 10.1. The van der Waals surface area contributed by atoms with E-state index in [-0.39, 0.29) is 0 Å². The van der Waals surface area contributed by atoms with Gasteiger partial charge in [0.05, 0.1) is 13.2 Å². The zero-order chi connectivity index (χ0) is 13.2. The van der Waals surface area contributed by atoms with Gasteiger partial charge in [-0.05, 0) is 38.0 Å². The highest BCUT2D eigenvalue weighted by molar-refractivity contribution is 5.43. The molecule has 100 valence electrons. The summed E-state index contributed by atoms with van der Waals surface area (Å²) in [6.45, 7) is 5.98. The van der Waals surface area contributed by atoms with Crippen molar-refractivity contribution in [2.75, 3.05) is 19.8 Å². The lowest BCUT2D eigenvalue weighted by molar-refractivity contribution is -0.135. The van der Waals surface area contributed by atoms with Gasteiger partial charge in [0.2, 0.25) is 0 Å². The van der Waals surface area contributed by atoms with Crippen LogP contribution in [0.3, 0.4) is 0 Å². The number of carbonyl (C=O) groups excluding carboxylic acids is 1. The van der Waals surface area contributed by atoms with Crippen molar-refractivity contribution in [2.24, 2.45) is 0 Å². The Labute approximate surface area is 107 Å². The monoisotopic (exact) mass is 253 g/mol. The number of hydrogen-bond donors (Lipinski definition) is 1. The molecule has 0 aliphatic heterocycles. The maximum absolute atomic E-state index is 9.95. The second kappa shape index (κ2) is 8.36. The second-order valence-corrected chi connectivity index (χ2v) is 3.51. The Kier molecular flexibility index (Phi) is 6.64. The standard InChI is InChI=1S/C13H19NO4/c1-3-16-12-6-5-11(7-8-14-18-10-15)9-13(12)17-4-2/h5-6,9-10,14H,3-4,7-8H2,1-2H3. The normalized spacial score (nSPS) is 9.89. The van der Waals surface area contributed by atoms with Crippen molar-refractivity contribution in [3.05, 3.63) is 23.8 Å². The highest BCUT2D eigenvalue weighted by Gasteiger charge is 2.05. The Hall–Kier alpha value is -1.75. The molecule has 0 radical (unpaired) electrons. The van der Waals surface area contributed by atoms with Gasteiger partial charge in [-0.3, -0.25) is 4.79 Å². The van der Waals surface area contributed by atoms with E-state index in [1.807, 2.05) is 32.0 Å². The summed E-state index contributed by atoms with van der Waals surface area (Å²) in [4.78, 5) is 14.4. The summed E-state index contributed by atoms with van der Waals surface area (Å²) in [6, 6.07) is 5.80. The number of benzene rings is 1. The molecule has 0 amide bonds. The number of rotatable bonds is 9. The highest BCUT2D eigenvalue weighted by atomic mass is 16.7. The van der Waals surface area contributed by atoms with Gasteiger partial charge in [0.1, 0.15) is 0 Å². The van der Waals surface area contributed by atoms with Crippen molar-refractivity contribution in [1.82, 2.24) is 5.48 Å². The molecule has 0 aliphatic rings. The molecule has 0 heterocycles. The molecular weight excluding hydrogens is 234 g/mol. The van der Waals surface area contributed by atoms with Crippen LogP contribution in [-0.4, -0.2) is 26.2 Å². The first-order chi connectivity index (χ1) is 8.81. The van der Waals surface area contributed by atoms with Crippen LogP contribution in [0.4, 0.5) is 0 Å². The topological polar surface area (TPSA) is 56.8 Å². The van der Waals surface area contributed by atoms with E-state index in [0.29, 0.717) is 26.2 Å². The third kappa shape index (κ3) is 4.63. The first-order valence-electron chi connectivity index (χ1n) is 6.02. The van der Waals surface area contributed by atoms with Crippen LogP contribution >= 0.6 is 0 Å². The molecule has 0 saturated heterocycles. The molecule has 0 saturated carbocycles. The quantitative estimate of drug-likeness (QED) is 0.412. The molecule has 0 fully saturated rings. The summed E-state index contributed by atoms with van der Waals surface area (Å²) in [5.74, 6) is 1.49. The fraction of sp³-hybridized carbons (Fsp3) is 0.462. The Bertz CT molecular complexity index is 368. The fourth-order valence-corrected chi connectivity index (χ4v) is 1.54. The first-order valence-corrected chi connectivity index (χ1v) is 6.02. The van der Waals surface area contributed by atoms with Crippen molar-refractivity contribution in [1.29, 1.82) is 0 Å². The van der Waals surface area contributed by atoms with E-state index >= 15 is 0 Å². The maximum atomic E-state index is 9.95. The van der Waals surface area contributed by atoms with Gasteiger partial charge in [0.25, 0.3) is 0 Å². The summed E-state index contributed by atoms with van der Waals surface area (Å²) < 4.78 is 11.0. The zero-order valence-electron chi connectivity index (χ0n) is 10.8. The van der Waals surface area contributed by atoms with Gasteiger partial charge < -0.3 is 14.3 Å². The smallest absolute Gasteiger partial charge is 0.312 e. The number of nitrogens with one attached hydrogen (secondary N) is 1. The van der Waals surface area contributed by atoms with Gasteiger partial charge in [-0.25, -0.2) is 0 Å². The van der Waals surface area contributed by atoms with E-state index < -0.39 is 0 Å². The van der Waals surface area contributed by atoms with Crippen LogP contribution < -0.4 is 15.0 Å². The van der Waals surface area contributed by atoms with E-state index in [0.717, 1.165) is 23.5 Å². The Balaban J connectivity index is 2.63. The molecule has 1 aromatic rings. The molecule has 0 unspecified atom stereocenters. The number of hydroxylamine groups is 1. The van der Waals surface area contributed by atoms with E-state index in [4.69, 9.17) is 9.47 Å². The summed E-state index contributed by atoms with van der Waals surface area (Å²) in [6.07, 6.45) is 0.736. The SMILES string of the molecule is CCOc1ccc(CCNOC=O)cc1OCC. The van der Waals surface area contributed by atoms with Gasteiger partial charge >= 0.3 is 6.47 Å². The molecule has 18 heavy (non-hydrogen) atoms. The van der Waals surface area contributed by atoms with Crippen LogP contribution in [0, 0.1) is 0 Å². The lowest BCUT2D eigenvalue weighted by Crippen LogP contribution is -2.16. The van der Waals surface area contributed by atoms with Crippen molar-refractivity contribution in [3.8, 4) is 11.5 Å². The second-order valence-electron chi connectivity index (χ2n) is 3.51. The van der Waals surface area contributed by atoms with E-state index in [1.165, 1.54) is 0 Å². The molecule has 0 atom stereocenters. The molecular formula is C13H19NO4. The van der Waals surface area contributed by atoms with Gasteiger partial charge in [-0.15, -0.1) is 0 Å². The zero-order valence-corrected chi connectivity index (χ0v) is 10.8. The molecule has 0 aliphatic carbocycles. The predicted molar refractivity (Wildman–Crippen MR) is 67.6 cm³/mol. The lowest BCUT2D eigenvalue weighted by Gasteiger charge is -2.12. The van der Waals surface area contributed by atoms with Crippen molar-refractivity contribution in [3.63, 3.8) is 0 Å². The summed E-state index contributed by atoms with van der Waals surface area (Å²) >= 11 is 0. The molecule has 1 aromatic carbocycles. The number of hydrogen-bond acceptors (Lipinski definition) is 5. The van der Waals surface area contributed by atoms with Crippen LogP contribution in [0.25, 0.3) is 0 Å². The van der Waals surface area contributed by atoms with Crippen LogP contribution in [0.1, 0.15) is 19.4 Å². The minimum Gasteiger partial charge on any atom is -0.490 e. The molecule has 0 bridgehead atoms. The van der Waals surface area contributed by atoms with Crippen LogP contribution in [0.5, 0.6) is 11.5 Å². The fourth-order valence-electron chi connectivity index (χ4n) is 1.54. The summed E-state index contributed by atoms with van der Waals surface area (Å²) in [5, 5.41) is 0. The van der Waals surface area contributed by atoms with E-state index in [1.54, 1.807) is 0 Å². The third-order valence-corrected chi connectivity index (χ3v) is 2.25. The molecule has 1 rings (SSSR count). The minimum atomic E-state index is 0.365. The van der Waals surface area contributed by atoms with E-state index in [2.05, 4.69) is 10.3 Å². The minimum absolute atomic E-state index is 0.365. The third-order valence-electron chi connectivity index (χ3n) is 2.25. The largest absolute Gasteiger partial charge is 0.490 e. The average molecular weight is 253 g/mol. The molecule has 1 N–H and O–H groups in total. The molecule has 5 heteroatoms. The average Bonchev–Trinajstić information content (AvgIpc) is 2.38. The van der Waals surface area contributed by atoms with Crippen LogP contribution in [-0.2, 0) is 16.1 Å². The Morgan fingerprint density at radius 3 is 2.56 bits per heavy atom. The maximum Gasteiger partial charge on any atom is 0.312 e. The van der Waals surface area contributed by atoms with Gasteiger partial charge in [0.15, 0.2) is 11.5 Å². The Morgan fingerprint density at radius 1 is 1.17 bits per heavy atom. The van der Waals surface area contributed by atoms with Crippen LogP contribution in [0.15, 0.2) is 18.2 Å². The van der Waals surface area contributed by atoms with Crippen LogP contribution in [0.2, 0.25) is 0 Å². The van der Waals surface area contributed by atoms with Crippen molar-refractivity contribution >= 4 is 6.47 Å². The van der Waals surface area contributed by atoms with Crippen molar-refractivity contribution in [2.45, 2.75) is 20.3 Å². The van der Waals surface area contributed by atoms with E-state index in [9.17, 15) is 4.79 Å². The predicted octanol–water partition coefficient (Wildman–Crippen LogP) is 1.70. The molecule has 0 aromatic heterocycles. The molecule has 0 spiro atoms. The van der Waals surface area contributed by atoms with Gasteiger partial charge in [-0.1, -0.05) is 6.07 Å². The van der Waals surface area contributed by atoms with Gasteiger partial charge in [-0.2, -0.15) is 5.48 Å². The number of ether oxygens (including phenoxy) is 2. The Morgan fingerprint density at radius 2 is 1.89 bits per heavy atom. The first kappa shape index (κ1) is 14.3.